The summed E-state index contributed by atoms with van der Waals surface area (Å²) in [5.41, 5.74) is 1.69. The van der Waals surface area contributed by atoms with Gasteiger partial charge in [-0.1, -0.05) is 13.0 Å². The molecule has 20 heavy (non-hydrogen) atoms. The van der Waals surface area contributed by atoms with Crippen LogP contribution in [0, 0.1) is 11.3 Å². The van der Waals surface area contributed by atoms with Crippen LogP contribution in [0.1, 0.15) is 24.5 Å². The van der Waals surface area contributed by atoms with Crippen molar-refractivity contribution in [1.29, 1.82) is 5.26 Å². The Kier molecular flexibility index (Phi) is 5.94. The number of aromatic hydroxyl groups is 1. The number of esters is 1. The number of benzene rings is 1. The number of hydrogen-bond donors (Lipinski definition) is 3. The van der Waals surface area contributed by atoms with Gasteiger partial charge in [-0.05, 0) is 24.1 Å². The molecule has 1 aromatic rings. The Morgan fingerprint density at radius 2 is 2.25 bits per heavy atom. The van der Waals surface area contributed by atoms with Gasteiger partial charge >= 0.3 is 5.97 Å². The fourth-order valence-corrected chi connectivity index (χ4v) is 1.92. The van der Waals surface area contributed by atoms with Crippen LogP contribution in [0.15, 0.2) is 28.8 Å². The minimum atomic E-state index is -0.499. The second-order valence-electron chi connectivity index (χ2n) is 3.99. The van der Waals surface area contributed by atoms with Gasteiger partial charge < -0.3 is 15.2 Å². The summed E-state index contributed by atoms with van der Waals surface area (Å²) in [6.45, 7) is 2.30. The van der Waals surface area contributed by atoms with Gasteiger partial charge in [0.1, 0.15) is 16.7 Å². The van der Waals surface area contributed by atoms with Crippen LogP contribution < -0.4 is 5.32 Å². The van der Waals surface area contributed by atoms with Crippen LogP contribution in [-0.2, 0) is 16.1 Å². The third kappa shape index (κ3) is 3.93. The van der Waals surface area contributed by atoms with E-state index in [4.69, 9.17) is 5.26 Å². The Bertz CT molecular complexity index is 576. The van der Waals surface area contributed by atoms with Gasteiger partial charge in [-0.25, -0.2) is 4.79 Å². The van der Waals surface area contributed by atoms with Gasteiger partial charge in [-0.3, -0.25) is 0 Å². The molecule has 5 nitrogen and oxygen atoms in total. The number of nitriles is 1. The molecule has 0 spiro atoms. The van der Waals surface area contributed by atoms with Crippen molar-refractivity contribution in [2.75, 3.05) is 7.11 Å². The monoisotopic (exact) mass is 292 g/mol. The molecule has 0 fully saturated rings. The Labute approximate surface area is 123 Å². The first kappa shape index (κ1) is 15.9. The van der Waals surface area contributed by atoms with Crippen LogP contribution in [0.2, 0.25) is 0 Å². The number of ether oxygens (including phenoxy) is 1. The van der Waals surface area contributed by atoms with Crippen molar-refractivity contribution in [3.63, 3.8) is 0 Å². The summed E-state index contributed by atoms with van der Waals surface area (Å²) < 4.78 is 4.61. The Hall–Kier alpha value is -2.13. The molecule has 0 atom stereocenters. The van der Waals surface area contributed by atoms with E-state index in [0.717, 1.165) is 5.56 Å². The maximum atomic E-state index is 11.4. The molecule has 106 valence electrons. The number of carbonyl (C=O) groups excluding carboxylic acids is 1. The highest BCUT2D eigenvalue weighted by Gasteiger charge is 2.11. The molecule has 0 saturated heterocycles. The highest BCUT2D eigenvalue weighted by atomic mass is 32.1. The van der Waals surface area contributed by atoms with Gasteiger partial charge in [0.25, 0.3) is 0 Å². The van der Waals surface area contributed by atoms with Crippen molar-refractivity contribution in [3.05, 3.63) is 39.9 Å². The maximum absolute atomic E-state index is 11.4. The van der Waals surface area contributed by atoms with E-state index in [1.165, 1.54) is 13.2 Å². The molecule has 0 bridgehead atoms. The third-order valence-corrected chi connectivity index (χ3v) is 3.16. The molecule has 0 heterocycles. The van der Waals surface area contributed by atoms with Gasteiger partial charge in [0, 0.05) is 12.2 Å². The molecule has 0 aliphatic rings. The predicted molar refractivity (Wildman–Crippen MR) is 78.0 cm³/mol. The molecule has 0 unspecified atom stereocenters. The maximum Gasteiger partial charge on any atom is 0.345 e. The van der Waals surface area contributed by atoms with Gasteiger partial charge in [0.2, 0.25) is 0 Å². The van der Waals surface area contributed by atoms with Crippen molar-refractivity contribution in [2.24, 2.45) is 0 Å². The van der Waals surface area contributed by atoms with E-state index in [0.29, 0.717) is 18.7 Å². The summed E-state index contributed by atoms with van der Waals surface area (Å²) in [5.74, 6) is -0.548. The van der Waals surface area contributed by atoms with Crippen molar-refractivity contribution in [3.8, 4) is 11.8 Å². The standard InChI is InChI=1S/C14H16N2O3S/c1-3-11(13(20)14(18)19-2)16-8-9-4-5-12(17)10(6-9)7-15/h4-6,16-17,20H,3,8H2,1-2H3/b13-11-. The Morgan fingerprint density at radius 3 is 2.80 bits per heavy atom. The van der Waals surface area contributed by atoms with Crippen LogP contribution >= 0.6 is 12.6 Å². The van der Waals surface area contributed by atoms with Gasteiger partial charge in [0.15, 0.2) is 0 Å². The first-order chi connectivity index (χ1) is 9.53. The first-order valence-electron chi connectivity index (χ1n) is 5.99. The van der Waals surface area contributed by atoms with Gasteiger partial charge in [-0.2, -0.15) is 5.26 Å². The van der Waals surface area contributed by atoms with Crippen LogP contribution in [0.4, 0.5) is 0 Å². The van der Waals surface area contributed by atoms with E-state index in [1.807, 2.05) is 13.0 Å². The van der Waals surface area contributed by atoms with E-state index < -0.39 is 5.97 Å². The Morgan fingerprint density at radius 1 is 1.55 bits per heavy atom. The number of phenolic OH excluding ortho intramolecular Hbond substituents is 1. The molecule has 2 N–H and O–H groups in total. The lowest BCUT2D eigenvalue weighted by molar-refractivity contribution is -0.135. The lowest BCUT2D eigenvalue weighted by Crippen LogP contribution is -2.17. The Balaban J connectivity index is 2.85. The number of thiol groups is 1. The molecule has 1 aromatic carbocycles. The van der Waals surface area contributed by atoms with Crippen LogP contribution in [-0.4, -0.2) is 18.2 Å². The number of carbonyl (C=O) groups is 1. The quantitative estimate of drug-likeness (QED) is 0.440. The molecule has 1 rings (SSSR count). The third-order valence-electron chi connectivity index (χ3n) is 2.71. The largest absolute Gasteiger partial charge is 0.507 e. The number of hydrogen-bond acceptors (Lipinski definition) is 6. The second kappa shape index (κ2) is 7.46. The molecule has 6 heteroatoms. The number of rotatable bonds is 5. The van der Waals surface area contributed by atoms with E-state index >= 15 is 0 Å². The summed E-state index contributed by atoms with van der Waals surface area (Å²) in [5, 5.41) is 21.4. The minimum Gasteiger partial charge on any atom is -0.507 e. The summed E-state index contributed by atoms with van der Waals surface area (Å²) in [6.07, 6.45) is 0.594. The number of phenols is 1. The number of allylic oxidation sites excluding steroid dienone is 1. The normalized spacial score (nSPS) is 11.3. The summed E-state index contributed by atoms with van der Waals surface area (Å²) in [6, 6.07) is 6.66. The van der Waals surface area contributed by atoms with Crippen LogP contribution in [0.3, 0.4) is 0 Å². The highest BCUT2D eigenvalue weighted by Crippen LogP contribution is 2.18. The van der Waals surface area contributed by atoms with E-state index in [2.05, 4.69) is 22.7 Å². The van der Waals surface area contributed by atoms with E-state index in [-0.39, 0.29) is 16.2 Å². The number of nitrogens with one attached hydrogen (secondary N) is 1. The lowest BCUT2D eigenvalue weighted by atomic mass is 10.1. The van der Waals surface area contributed by atoms with Crippen LogP contribution in [0.25, 0.3) is 0 Å². The molecule has 0 saturated carbocycles. The molecule has 0 aliphatic heterocycles. The topological polar surface area (TPSA) is 82.4 Å². The van der Waals surface area contributed by atoms with Crippen molar-refractivity contribution >= 4 is 18.6 Å². The van der Waals surface area contributed by atoms with Crippen LogP contribution in [0.5, 0.6) is 5.75 Å². The SMILES string of the molecule is CC/C(NCc1ccc(O)c(C#N)c1)=C(/S)C(=O)OC. The van der Waals surface area contributed by atoms with E-state index in [9.17, 15) is 9.90 Å². The number of methoxy groups -OCH3 is 1. The molecule has 0 aliphatic carbocycles. The zero-order valence-electron chi connectivity index (χ0n) is 11.3. The summed E-state index contributed by atoms with van der Waals surface area (Å²) in [7, 11) is 1.30. The van der Waals surface area contributed by atoms with Crippen molar-refractivity contribution in [2.45, 2.75) is 19.9 Å². The second-order valence-corrected chi connectivity index (χ2v) is 4.44. The molecule has 0 amide bonds. The van der Waals surface area contributed by atoms with Gasteiger partial charge in [-0.15, -0.1) is 12.6 Å². The summed E-state index contributed by atoms with van der Waals surface area (Å²) in [4.78, 5) is 11.6. The van der Waals surface area contributed by atoms with E-state index in [1.54, 1.807) is 12.1 Å². The molecule has 0 aromatic heterocycles. The zero-order valence-corrected chi connectivity index (χ0v) is 12.2. The average molecular weight is 292 g/mol. The fourth-order valence-electron chi connectivity index (χ4n) is 1.59. The number of nitrogens with zero attached hydrogens (tertiary/aromatic N) is 1. The van der Waals surface area contributed by atoms with Crippen molar-refractivity contribution in [1.82, 2.24) is 5.32 Å². The van der Waals surface area contributed by atoms with Gasteiger partial charge in [0.05, 0.1) is 12.7 Å². The molecule has 0 radical (unpaired) electrons. The molecular formula is C14H16N2O3S. The fraction of sp³-hybridized carbons (Fsp3) is 0.286. The predicted octanol–water partition coefficient (Wildman–Crippen LogP) is 2.08. The average Bonchev–Trinajstić information content (AvgIpc) is 2.48. The van der Waals surface area contributed by atoms with Crippen molar-refractivity contribution < 1.29 is 14.6 Å². The minimum absolute atomic E-state index is 0.0491. The summed E-state index contributed by atoms with van der Waals surface area (Å²) >= 11 is 4.13. The smallest absolute Gasteiger partial charge is 0.345 e. The zero-order chi connectivity index (χ0) is 15.1. The highest BCUT2D eigenvalue weighted by molar-refractivity contribution is 7.85. The lowest BCUT2D eigenvalue weighted by Gasteiger charge is -2.12. The first-order valence-corrected chi connectivity index (χ1v) is 6.44. The molecular weight excluding hydrogens is 276 g/mol.